The van der Waals surface area contributed by atoms with Crippen molar-refractivity contribution >= 4 is 11.7 Å². The fraction of sp³-hybridized carbons (Fsp3) is 0.560. The summed E-state index contributed by atoms with van der Waals surface area (Å²) in [5.74, 6) is 1.10. The molecule has 0 bridgehead atoms. The van der Waals surface area contributed by atoms with Gasteiger partial charge in [0, 0.05) is 56.1 Å². The number of hydrogen-bond donors (Lipinski definition) is 0. The zero-order chi connectivity index (χ0) is 21.8. The third-order valence-corrected chi connectivity index (χ3v) is 7.35. The molecule has 1 aromatic heterocycles. The van der Waals surface area contributed by atoms with Crippen LogP contribution in [0, 0.1) is 5.41 Å². The minimum absolute atomic E-state index is 0.0706. The summed E-state index contributed by atoms with van der Waals surface area (Å²) in [7, 11) is 0. The predicted octanol–water partition coefficient (Wildman–Crippen LogP) is 3.80. The molecule has 6 nitrogen and oxygen atoms in total. The number of anilines is 1. The summed E-state index contributed by atoms with van der Waals surface area (Å²) in [6.07, 6.45) is 17.4. The van der Waals surface area contributed by atoms with Crippen molar-refractivity contribution in [1.82, 2.24) is 19.8 Å². The molecule has 0 aromatic carbocycles. The Hall–Kier alpha value is -2.47. The van der Waals surface area contributed by atoms with Gasteiger partial charge in [-0.15, -0.1) is 0 Å². The van der Waals surface area contributed by atoms with Crippen molar-refractivity contribution in [3.8, 4) is 0 Å². The van der Waals surface area contributed by atoms with Gasteiger partial charge in [-0.3, -0.25) is 9.78 Å². The Labute approximate surface area is 186 Å². The van der Waals surface area contributed by atoms with Crippen molar-refractivity contribution < 1.29 is 4.79 Å². The van der Waals surface area contributed by atoms with Crippen LogP contribution in [0.1, 0.15) is 46.0 Å². The largest absolute Gasteiger partial charge is 0.355 e. The molecular weight excluding hydrogens is 386 g/mol. The van der Waals surface area contributed by atoms with E-state index >= 15 is 0 Å². The van der Waals surface area contributed by atoms with E-state index in [-0.39, 0.29) is 11.3 Å². The molecule has 3 aliphatic heterocycles. The first kappa shape index (κ1) is 21.8. The minimum Gasteiger partial charge on any atom is -0.355 e. The van der Waals surface area contributed by atoms with Crippen LogP contribution < -0.4 is 4.90 Å². The summed E-state index contributed by atoms with van der Waals surface area (Å²) in [5, 5.41) is 0. The van der Waals surface area contributed by atoms with E-state index in [1.54, 1.807) is 19.3 Å². The van der Waals surface area contributed by atoms with Gasteiger partial charge in [-0.25, -0.2) is 4.98 Å². The van der Waals surface area contributed by atoms with Crippen LogP contribution in [0.4, 0.5) is 5.82 Å². The van der Waals surface area contributed by atoms with Gasteiger partial charge in [-0.2, -0.15) is 0 Å². The Bertz CT molecular complexity index is 846. The highest BCUT2D eigenvalue weighted by atomic mass is 16.2. The molecule has 6 heteroatoms. The lowest BCUT2D eigenvalue weighted by Crippen LogP contribution is -2.50. The Morgan fingerprint density at radius 1 is 1.23 bits per heavy atom. The first-order chi connectivity index (χ1) is 15.0. The smallest absolute Gasteiger partial charge is 0.223 e. The maximum Gasteiger partial charge on any atom is 0.223 e. The molecule has 3 fully saturated rings. The lowest BCUT2D eigenvalue weighted by molar-refractivity contribution is -0.127. The number of piperidine rings is 2. The lowest BCUT2D eigenvalue weighted by atomic mass is 9.73. The SMILES string of the molecule is C=C1/C(=C\C/C=C\C)C2(CCN(C3CCN(c4cnccn4)CC3)CC2)CN1C(C)=O. The molecule has 3 saturated heterocycles. The number of amides is 1. The zero-order valence-electron chi connectivity index (χ0n) is 19.0. The number of nitrogens with zero attached hydrogens (tertiary/aromatic N) is 5. The molecule has 3 aliphatic rings. The summed E-state index contributed by atoms with van der Waals surface area (Å²) in [5.41, 5.74) is 2.29. The van der Waals surface area contributed by atoms with Crippen LogP contribution in [-0.2, 0) is 4.79 Å². The number of carbonyl (C=O) groups excluding carboxylic acids is 1. The van der Waals surface area contributed by atoms with Crippen LogP contribution in [0.2, 0.25) is 0 Å². The predicted molar refractivity (Wildman–Crippen MR) is 125 cm³/mol. The van der Waals surface area contributed by atoms with Gasteiger partial charge in [-0.1, -0.05) is 24.8 Å². The number of hydrogen-bond acceptors (Lipinski definition) is 5. The summed E-state index contributed by atoms with van der Waals surface area (Å²) in [4.78, 5) is 27.8. The van der Waals surface area contributed by atoms with Gasteiger partial charge in [0.1, 0.15) is 5.82 Å². The van der Waals surface area contributed by atoms with Crippen LogP contribution in [0.5, 0.6) is 0 Å². The molecule has 1 spiro atoms. The number of likely N-dealkylation sites (tertiary alicyclic amines) is 2. The summed E-state index contributed by atoms with van der Waals surface area (Å²) < 4.78 is 0. The molecule has 0 unspecified atom stereocenters. The van der Waals surface area contributed by atoms with Gasteiger partial charge < -0.3 is 14.7 Å². The molecule has 4 heterocycles. The van der Waals surface area contributed by atoms with Crippen LogP contribution in [0.25, 0.3) is 0 Å². The van der Waals surface area contributed by atoms with E-state index in [9.17, 15) is 4.79 Å². The molecule has 0 atom stereocenters. The molecule has 0 N–H and O–H groups in total. The molecule has 4 rings (SSSR count). The maximum absolute atomic E-state index is 12.2. The van der Waals surface area contributed by atoms with Crippen molar-refractivity contribution in [2.24, 2.45) is 5.41 Å². The molecule has 0 saturated carbocycles. The zero-order valence-corrected chi connectivity index (χ0v) is 19.0. The summed E-state index contributed by atoms with van der Waals surface area (Å²) >= 11 is 0. The molecule has 31 heavy (non-hydrogen) atoms. The highest BCUT2D eigenvalue weighted by Gasteiger charge is 2.47. The van der Waals surface area contributed by atoms with Crippen LogP contribution in [0.3, 0.4) is 0 Å². The fourth-order valence-corrected chi connectivity index (χ4v) is 5.55. The van der Waals surface area contributed by atoms with E-state index in [4.69, 9.17) is 0 Å². The Balaban J connectivity index is 1.39. The number of carbonyl (C=O) groups is 1. The summed E-state index contributed by atoms with van der Waals surface area (Å²) in [6, 6.07) is 0.634. The third-order valence-electron chi connectivity index (χ3n) is 7.35. The van der Waals surface area contributed by atoms with Crippen LogP contribution >= 0.6 is 0 Å². The standard InChI is InChI=1S/C25H35N5O/c1-4-5-6-7-23-20(2)30(21(3)31)19-25(23)10-16-28(17-11-25)22-8-14-29(15-9-22)24-18-26-12-13-27-24/h4-5,7,12-13,18,22H,2,6,8-11,14-17,19H2,1,3H3/b5-4-,23-7+. The summed E-state index contributed by atoms with van der Waals surface area (Å²) in [6.45, 7) is 13.1. The highest BCUT2D eigenvalue weighted by molar-refractivity contribution is 5.78. The second-order valence-corrected chi connectivity index (χ2v) is 9.07. The Morgan fingerprint density at radius 3 is 2.58 bits per heavy atom. The fourth-order valence-electron chi connectivity index (χ4n) is 5.55. The Kier molecular flexibility index (Phi) is 6.56. The van der Waals surface area contributed by atoms with Crippen molar-refractivity contribution in [1.29, 1.82) is 0 Å². The van der Waals surface area contributed by atoms with Gasteiger partial charge >= 0.3 is 0 Å². The molecule has 0 radical (unpaired) electrons. The minimum atomic E-state index is 0.0706. The molecular formula is C25H35N5O. The second-order valence-electron chi connectivity index (χ2n) is 9.07. The lowest BCUT2D eigenvalue weighted by Gasteiger charge is -2.45. The Morgan fingerprint density at radius 2 is 1.97 bits per heavy atom. The van der Waals surface area contributed by atoms with Crippen molar-refractivity contribution in [3.05, 3.63) is 54.7 Å². The molecule has 0 aliphatic carbocycles. The van der Waals surface area contributed by atoms with E-state index in [1.807, 2.05) is 18.0 Å². The molecule has 1 aromatic rings. The van der Waals surface area contributed by atoms with Gasteiger partial charge in [-0.05, 0) is 57.7 Å². The average molecular weight is 422 g/mol. The van der Waals surface area contributed by atoms with Gasteiger partial charge in [0.15, 0.2) is 0 Å². The van der Waals surface area contributed by atoms with E-state index in [2.05, 4.69) is 44.6 Å². The van der Waals surface area contributed by atoms with Crippen molar-refractivity contribution in [2.75, 3.05) is 37.6 Å². The van der Waals surface area contributed by atoms with E-state index in [1.165, 1.54) is 18.4 Å². The van der Waals surface area contributed by atoms with E-state index in [0.29, 0.717) is 6.04 Å². The monoisotopic (exact) mass is 421 g/mol. The number of allylic oxidation sites excluding steroid dienone is 4. The topological polar surface area (TPSA) is 52.6 Å². The molecule has 166 valence electrons. The second kappa shape index (κ2) is 9.35. The van der Waals surface area contributed by atoms with Gasteiger partial charge in [0.05, 0.1) is 6.20 Å². The van der Waals surface area contributed by atoms with Gasteiger partial charge in [0.25, 0.3) is 0 Å². The van der Waals surface area contributed by atoms with E-state index < -0.39 is 0 Å². The number of rotatable bonds is 4. The van der Waals surface area contributed by atoms with Crippen molar-refractivity contribution in [3.63, 3.8) is 0 Å². The quantitative estimate of drug-likeness (QED) is 0.692. The third kappa shape index (κ3) is 4.45. The van der Waals surface area contributed by atoms with Gasteiger partial charge in [0.2, 0.25) is 5.91 Å². The number of aromatic nitrogens is 2. The maximum atomic E-state index is 12.2. The van der Waals surface area contributed by atoms with E-state index in [0.717, 1.165) is 63.5 Å². The first-order valence-corrected chi connectivity index (χ1v) is 11.6. The first-order valence-electron chi connectivity index (χ1n) is 11.6. The van der Waals surface area contributed by atoms with Crippen LogP contribution in [0.15, 0.2) is 54.7 Å². The highest BCUT2D eigenvalue weighted by Crippen LogP contribution is 2.49. The molecule has 1 amide bonds. The van der Waals surface area contributed by atoms with Crippen LogP contribution in [-0.4, -0.2) is 64.4 Å². The average Bonchev–Trinajstić information content (AvgIpc) is 3.07. The van der Waals surface area contributed by atoms with Crippen molar-refractivity contribution in [2.45, 2.75) is 52.0 Å². The normalized spacial score (nSPS) is 24.1.